The minimum Gasteiger partial charge on any atom is -0.381 e. The summed E-state index contributed by atoms with van der Waals surface area (Å²) in [6.07, 6.45) is 1.04. The highest BCUT2D eigenvalue weighted by Crippen LogP contribution is 2.35. The summed E-state index contributed by atoms with van der Waals surface area (Å²) in [5.74, 6) is 0. The lowest BCUT2D eigenvalue weighted by Crippen LogP contribution is -2.17. The maximum Gasteiger partial charge on any atom is 0.0488 e. The average Bonchev–Trinajstić information content (AvgIpc) is 2.89. The second kappa shape index (κ2) is 10.9. The van der Waals surface area contributed by atoms with Crippen molar-refractivity contribution in [2.24, 2.45) is 0 Å². The lowest BCUT2D eigenvalue weighted by Gasteiger charge is -2.29. The number of hydrogen-bond acceptors (Lipinski definition) is 2. The van der Waals surface area contributed by atoms with Gasteiger partial charge in [0, 0.05) is 29.3 Å². The zero-order valence-corrected chi connectivity index (χ0v) is 20.7. The number of rotatable bonds is 8. The van der Waals surface area contributed by atoms with Crippen LogP contribution in [-0.2, 0) is 6.54 Å². The molecule has 0 spiro atoms. The van der Waals surface area contributed by atoms with Gasteiger partial charge in [-0.05, 0) is 79.8 Å². The van der Waals surface area contributed by atoms with E-state index in [4.69, 9.17) is 0 Å². The molecule has 0 bridgehead atoms. The van der Waals surface area contributed by atoms with E-state index in [0.29, 0.717) is 0 Å². The molecule has 4 rings (SSSR count). The van der Waals surface area contributed by atoms with E-state index in [2.05, 4.69) is 141 Å². The van der Waals surface area contributed by atoms with Crippen molar-refractivity contribution in [1.29, 1.82) is 0 Å². The van der Waals surface area contributed by atoms with Crippen LogP contribution in [0.15, 0.2) is 114 Å². The predicted molar refractivity (Wildman–Crippen MR) is 148 cm³/mol. The molecule has 2 nitrogen and oxygen atoms in total. The molecule has 0 amide bonds. The first kappa shape index (κ1) is 23.4. The Kier molecular flexibility index (Phi) is 7.49. The van der Waals surface area contributed by atoms with Crippen LogP contribution in [0.1, 0.15) is 38.3 Å². The Labute approximate surface area is 204 Å². The summed E-state index contributed by atoms with van der Waals surface area (Å²) in [4.78, 5) is 2.38. The third-order valence-corrected chi connectivity index (χ3v) is 6.49. The van der Waals surface area contributed by atoms with Crippen molar-refractivity contribution < 1.29 is 0 Å². The van der Waals surface area contributed by atoms with E-state index in [0.717, 1.165) is 18.7 Å². The van der Waals surface area contributed by atoms with Gasteiger partial charge >= 0.3 is 0 Å². The second-order valence-electron chi connectivity index (χ2n) is 8.81. The SMILES string of the molecule is CCC(C)=C(C)N(c1ccccc1)c1ccc(NCc2ccc(-c3ccccc3)cc2)cc1C. The monoisotopic (exact) mass is 446 g/mol. The van der Waals surface area contributed by atoms with Gasteiger partial charge in [0.15, 0.2) is 0 Å². The predicted octanol–water partition coefficient (Wildman–Crippen LogP) is 9.12. The molecule has 2 heteroatoms. The molecule has 4 aromatic carbocycles. The van der Waals surface area contributed by atoms with Gasteiger partial charge in [-0.25, -0.2) is 0 Å². The van der Waals surface area contributed by atoms with Gasteiger partial charge in [-0.2, -0.15) is 0 Å². The lowest BCUT2D eigenvalue weighted by molar-refractivity contribution is 1.01. The zero-order chi connectivity index (χ0) is 23.9. The normalized spacial score (nSPS) is 11.6. The third kappa shape index (κ3) is 5.40. The van der Waals surface area contributed by atoms with Gasteiger partial charge in [0.05, 0.1) is 0 Å². The van der Waals surface area contributed by atoms with Crippen LogP contribution in [0.3, 0.4) is 0 Å². The molecular weight excluding hydrogens is 412 g/mol. The van der Waals surface area contributed by atoms with Gasteiger partial charge in [-0.1, -0.05) is 85.3 Å². The second-order valence-corrected chi connectivity index (χ2v) is 8.81. The van der Waals surface area contributed by atoms with Crippen molar-refractivity contribution in [1.82, 2.24) is 0 Å². The molecule has 0 aromatic heterocycles. The van der Waals surface area contributed by atoms with Crippen LogP contribution < -0.4 is 10.2 Å². The van der Waals surface area contributed by atoms with E-state index in [1.54, 1.807) is 0 Å². The number of hydrogen-bond donors (Lipinski definition) is 1. The Morgan fingerprint density at radius 2 is 1.35 bits per heavy atom. The summed E-state index contributed by atoms with van der Waals surface area (Å²) in [6.45, 7) is 9.65. The molecule has 34 heavy (non-hydrogen) atoms. The number of nitrogens with zero attached hydrogens (tertiary/aromatic N) is 1. The number of allylic oxidation sites excluding steroid dienone is 2. The van der Waals surface area contributed by atoms with Crippen LogP contribution in [0.4, 0.5) is 17.1 Å². The summed E-state index contributed by atoms with van der Waals surface area (Å²) in [7, 11) is 0. The fraction of sp³-hybridized carbons (Fsp3) is 0.188. The third-order valence-electron chi connectivity index (χ3n) is 6.49. The fourth-order valence-electron chi connectivity index (χ4n) is 4.20. The Balaban J connectivity index is 1.52. The maximum absolute atomic E-state index is 3.60. The van der Waals surface area contributed by atoms with Gasteiger partial charge in [0.25, 0.3) is 0 Å². The zero-order valence-electron chi connectivity index (χ0n) is 20.7. The highest BCUT2D eigenvalue weighted by molar-refractivity contribution is 5.73. The summed E-state index contributed by atoms with van der Waals surface area (Å²) in [5, 5.41) is 3.60. The van der Waals surface area contributed by atoms with Crippen LogP contribution in [0.2, 0.25) is 0 Å². The van der Waals surface area contributed by atoms with E-state index in [9.17, 15) is 0 Å². The fourth-order valence-corrected chi connectivity index (χ4v) is 4.20. The van der Waals surface area contributed by atoms with Crippen LogP contribution in [-0.4, -0.2) is 0 Å². The topological polar surface area (TPSA) is 15.3 Å². The average molecular weight is 447 g/mol. The lowest BCUT2D eigenvalue weighted by atomic mass is 10.0. The molecule has 0 aliphatic rings. The van der Waals surface area contributed by atoms with Gasteiger partial charge in [0.1, 0.15) is 0 Å². The molecule has 0 aliphatic heterocycles. The quantitative estimate of drug-likeness (QED) is 0.290. The number of nitrogens with one attached hydrogen (secondary N) is 1. The Hall–Kier alpha value is -3.78. The van der Waals surface area contributed by atoms with Crippen molar-refractivity contribution >= 4 is 17.1 Å². The molecule has 1 N–H and O–H groups in total. The molecule has 0 fully saturated rings. The number of anilines is 3. The highest BCUT2D eigenvalue weighted by Gasteiger charge is 2.15. The van der Waals surface area contributed by atoms with Crippen LogP contribution in [0.5, 0.6) is 0 Å². The first-order valence-corrected chi connectivity index (χ1v) is 12.1. The molecule has 0 saturated heterocycles. The summed E-state index contributed by atoms with van der Waals surface area (Å²) < 4.78 is 0. The smallest absolute Gasteiger partial charge is 0.0488 e. The largest absolute Gasteiger partial charge is 0.381 e. The number of benzene rings is 4. The molecule has 0 unspecified atom stereocenters. The minimum absolute atomic E-state index is 0.796. The van der Waals surface area contributed by atoms with Crippen molar-refractivity contribution in [3.8, 4) is 11.1 Å². The van der Waals surface area contributed by atoms with Crippen LogP contribution in [0, 0.1) is 6.92 Å². The Morgan fingerprint density at radius 1 is 0.735 bits per heavy atom. The molecule has 172 valence electrons. The van der Waals surface area contributed by atoms with Gasteiger partial charge < -0.3 is 10.2 Å². The maximum atomic E-state index is 3.60. The minimum atomic E-state index is 0.796. The van der Waals surface area contributed by atoms with E-state index in [1.807, 2.05) is 0 Å². The molecule has 4 aromatic rings. The Bertz CT molecular complexity index is 1240. The highest BCUT2D eigenvalue weighted by atomic mass is 15.1. The van der Waals surface area contributed by atoms with Crippen molar-refractivity contribution in [3.63, 3.8) is 0 Å². The summed E-state index contributed by atoms with van der Waals surface area (Å²) in [5.41, 5.74) is 11.2. The summed E-state index contributed by atoms with van der Waals surface area (Å²) >= 11 is 0. The number of para-hydroxylation sites is 1. The number of aryl methyl sites for hydroxylation is 1. The van der Waals surface area contributed by atoms with E-state index < -0.39 is 0 Å². The first-order valence-electron chi connectivity index (χ1n) is 12.1. The molecule has 0 radical (unpaired) electrons. The van der Waals surface area contributed by atoms with Gasteiger partial charge in [-0.15, -0.1) is 0 Å². The molecular formula is C32H34N2. The molecule has 0 aliphatic carbocycles. The van der Waals surface area contributed by atoms with Gasteiger partial charge in [-0.3, -0.25) is 0 Å². The molecule has 0 heterocycles. The summed E-state index contributed by atoms with van der Waals surface area (Å²) in [6, 6.07) is 36.6. The van der Waals surface area contributed by atoms with Crippen molar-refractivity contribution in [2.45, 2.75) is 40.7 Å². The van der Waals surface area contributed by atoms with E-state index in [-0.39, 0.29) is 0 Å². The van der Waals surface area contributed by atoms with E-state index >= 15 is 0 Å². The van der Waals surface area contributed by atoms with Gasteiger partial charge in [0.2, 0.25) is 0 Å². The first-order chi connectivity index (χ1) is 16.6. The van der Waals surface area contributed by atoms with Crippen molar-refractivity contribution in [2.75, 3.05) is 10.2 Å². The van der Waals surface area contributed by atoms with Crippen LogP contribution >= 0.6 is 0 Å². The molecule has 0 saturated carbocycles. The standard InChI is InChI=1S/C32H34N2/c1-5-24(2)26(4)34(31-14-10-7-11-15-31)32-21-20-30(22-25(32)3)33-23-27-16-18-29(19-17-27)28-12-8-6-9-13-28/h6-22,33H,5,23H2,1-4H3. The van der Waals surface area contributed by atoms with Crippen LogP contribution in [0.25, 0.3) is 11.1 Å². The van der Waals surface area contributed by atoms with Crippen molar-refractivity contribution in [3.05, 3.63) is 126 Å². The Morgan fingerprint density at radius 3 is 1.97 bits per heavy atom. The molecule has 0 atom stereocenters. The van der Waals surface area contributed by atoms with E-state index in [1.165, 1.54) is 44.9 Å².